The molecule has 0 aliphatic carbocycles. The smallest absolute Gasteiger partial charge is 0.0702 e. The molecule has 1 unspecified atom stereocenters. The first-order chi connectivity index (χ1) is 9.24. The molecule has 0 fully saturated rings. The van der Waals surface area contributed by atoms with Gasteiger partial charge in [0, 0.05) is 15.2 Å². The number of para-hydroxylation sites is 1. The summed E-state index contributed by atoms with van der Waals surface area (Å²) in [5.41, 5.74) is 9.47. The topological polar surface area (TPSA) is 38.9 Å². The number of fused-ring (bicyclic) bond motifs is 1. The van der Waals surface area contributed by atoms with E-state index < -0.39 is 0 Å². The molecule has 19 heavy (non-hydrogen) atoms. The van der Waals surface area contributed by atoms with Gasteiger partial charge in [0.05, 0.1) is 11.6 Å². The van der Waals surface area contributed by atoms with Crippen LogP contribution >= 0.6 is 22.6 Å². The Labute approximate surface area is 125 Å². The van der Waals surface area contributed by atoms with Gasteiger partial charge in [0.15, 0.2) is 0 Å². The zero-order valence-corrected chi connectivity index (χ0v) is 12.4. The van der Waals surface area contributed by atoms with Crippen molar-refractivity contribution in [2.45, 2.75) is 6.04 Å². The molecule has 0 spiro atoms. The Balaban J connectivity index is 2.01. The van der Waals surface area contributed by atoms with Crippen LogP contribution in [0.3, 0.4) is 0 Å². The average molecular weight is 360 g/mol. The molecular formula is C16H13IN2. The fourth-order valence-corrected chi connectivity index (χ4v) is 2.48. The van der Waals surface area contributed by atoms with Crippen LogP contribution in [0.4, 0.5) is 0 Å². The van der Waals surface area contributed by atoms with Gasteiger partial charge in [0.25, 0.3) is 0 Å². The van der Waals surface area contributed by atoms with E-state index in [9.17, 15) is 0 Å². The van der Waals surface area contributed by atoms with Gasteiger partial charge in [0.2, 0.25) is 0 Å². The van der Waals surface area contributed by atoms with Gasteiger partial charge in [-0.1, -0.05) is 30.3 Å². The van der Waals surface area contributed by atoms with Crippen LogP contribution in [0.25, 0.3) is 10.9 Å². The van der Waals surface area contributed by atoms with Gasteiger partial charge in [0.1, 0.15) is 0 Å². The number of aromatic nitrogens is 1. The zero-order chi connectivity index (χ0) is 13.2. The standard InChI is InChI=1S/C16H13IN2/c17-14-7-5-11(6-8-14)16(18)13-9-12-3-1-2-4-15(12)19-10-13/h1-10,16H,18H2. The van der Waals surface area contributed by atoms with Gasteiger partial charge in [-0.2, -0.15) is 0 Å². The number of nitrogens with zero attached hydrogens (tertiary/aromatic N) is 1. The lowest BCUT2D eigenvalue weighted by Crippen LogP contribution is -2.12. The van der Waals surface area contributed by atoms with E-state index in [0.717, 1.165) is 22.0 Å². The summed E-state index contributed by atoms with van der Waals surface area (Å²) >= 11 is 2.29. The quantitative estimate of drug-likeness (QED) is 0.705. The molecule has 1 heterocycles. The minimum absolute atomic E-state index is 0.130. The van der Waals surface area contributed by atoms with Crippen molar-refractivity contribution >= 4 is 33.5 Å². The number of pyridine rings is 1. The molecule has 3 rings (SSSR count). The lowest BCUT2D eigenvalue weighted by Gasteiger charge is -2.13. The Bertz CT molecular complexity index is 707. The van der Waals surface area contributed by atoms with Crippen molar-refractivity contribution in [1.29, 1.82) is 0 Å². The minimum atomic E-state index is -0.130. The Morgan fingerprint density at radius 1 is 0.947 bits per heavy atom. The molecule has 1 aromatic heterocycles. The summed E-state index contributed by atoms with van der Waals surface area (Å²) < 4.78 is 1.21. The molecule has 0 saturated carbocycles. The van der Waals surface area contributed by atoms with Crippen LogP contribution in [0.1, 0.15) is 17.2 Å². The van der Waals surface area contributed by atoms with Crippen LogP contribution in [0.2, 0.25) is 0 Å². The first kappa shape index (κ1) is 12.6. The van der Waals surface area contributed by atoms with Crippen LogP contribution < -0.4 is 5.73 Å². The predicted octanol–water partition coefficient (Wildman–Crippen LogP) is 3.89. The van der Waals surface area contributed by atoms with Gasteiger partial charge in [-0.25, -0.2) is 0 Å². The van der Waals surface area contributed by atoms with Crippen LogP contribution in [-0.4, -0.2) is 4.98 Å². The summed E-state index contributed by atoms with van der Waals surface area (Å²) in [6.45, 7) is 0. The normalized spacial score (nSPS) is 12.5. The molecule has 0 amide bonds. The largest absolute Gasteiger partial charge is 0.320 e. The number of halogens is 1. The van der Waals surface area contributed by atoms with E-state index in [1.165, 1.54) is 3.57 Å². The maximum absolute atomic E-state index is 6.31. The second kappa shape index (κ2) is 5.27. The number of benzene rings is 2. The molecule has 0 aliphatic rings. The van der Waals surface area contributed by atoms with E-state index in [1.54, 1.807) is 0 Å². The molecule has 0 bridgehead atoms. The Morgan fingerprint density at radius 3 is 2.47 bits per heavy atom. The highest BCUT2D eigenvalue weighted by molar-refractivity contribution is 14.1. The fourth-order valence-electron chi connectivity index (χ4n) is 2.12. The molecule has 0 radical (unpaired) electrons. The van der Waals surface area contributed by atoms with Gasteiger partial charge in [-0.05, 0) is 58.0 Å². The second-order valence-electron chi connectivity index (χ2n) is 4.49. The van der Waals surface area contributed by atoms with E-state index in [0.29, 0.717) is 0 Å². The summed E-state index contributed by atoms with van der Waals surface area (Å²) in [5, 5.41) is 1.13. The second-order valence-corrected chi connectivity index (χ2v) is 5.74. The molecule has 3 heteroatoms. The van der Waals surface area contributed by atoms with E-state index in [4.69, 9.17) is 5.73 Å². The summed E-state index contributed by atoms with van der Waals surface area (Å²) in [4.78, 5) is 4.46. The number of hydrogen-bond acceptors (Lipinski definition) is 2. The maximum atomic E-state index is 6.31. The maximum Gasteiger partial charge on any atom is 0.0702 e. The summed E-state index contributed by atoms with van der Waals surface area (Å²) in [6, 6.07) is 18.4. The Morgan fingerprint density at radius 2 is 1.68 bits per heavy atom. The number of rotatable bonds is 2. The Hall–Kier alpha value is -1.46. The lowest BCUT2D eigenvalue weighted by atomic mass is 10.00. The van der Waals surface area contributed by atoms with Crippen molar-refractivity contribution in [1.82, 2.24) is 4.98 Å². The van der Waals surface area contributed by atoms with Crippen LogP contribution in [0.15, 0.2) is 60.8 Å². The van der Waals surface area contributed by atoms with Crippen LogP contribution in [0, 0.1) is 3.57 Å². The third-order valence-corrected chi connectivity index (χ3v) is 3.92. The molecule has 2 nitrogen and oxygen atoms in total. The third kappa shape index (κ3) is 2.62. The van der Waals surface area contributed by atoms with E-state index in [-0.39, 0.29) is 6.04 Å². The summed E-state index contributed by atoms with van der Waals surface area (Å²) in [7, 11) is 0. The van der Waals surface area contributed by atoms with Crippen molar-refractivity contribution in [3.05, 3.63) is 75.5 Å². The first-order valence-electron chi connectivity index (χ1n) is 6.10. The SMILES string of the molecule is NC(c1ccc(I)cc1)c1cnc2ccccc2c1. The van der Waals surface area contributed by atoms with Crippen LogP contribution in [-0.2, 0) is 0 Å². The van der Waals surface area contributed by atoms with Crippen molar-refractivity contribution in [2.75, 3.05) is 0 Å². The van der Waals surface area contributed by atoms with Crippen molar-refractivity contribution < 1.29 is 0 Å². The van der Waals surface area contributed by atoms with Gasteiger partial charge in [-0.3, -0.25) is 4.98 Å². The van der Waals surface area contributed by atoms with Crippen molar-refractivity contribution in [2.24, 2.45) is 5.73 Å². The van der Waals surface area contributed by atoms with E-state index in [1.807, 2.05) is 24.4 Å². The molecule has 1 atom stereocenters. The zero-order valence-electron chi connectivity index (χ0n) is 10.3. The lowest BCUT2D eigenvalue weighted by molar-refractivity contribution is 0.866. The molecule has 94 valence electrons. The number of nitrogens with two attached hydrogens (primary N) is 1. The summed E-state index contributed by atoms with van der Waals surface area (Å²) in [5.74, 6) is 0. The fraction of sp³-hybridized carbons (Fsp3) is 0.0625. The molecule has 2 N–H and O–H groups in total. The van der Waals surface area contributed by atoms with Crippen LogP contribution in [0.5, 0.6) is 0 Å². The van der Waals surface area contributed by atoms with Crippen molar-refractivity contribution in [3.8, 4) is 0 Å². The van der Waals surface area contributed by atoms with Gasteiger partial charge >= 0.3 is 0 Å². The van der Waals surface area contributed by atoms with E-state index >= 15 is 0 Å². The highest BCUT2D eigenvalue weighted by Crippen LogP contribution is 2.22. The Kier molecular flexibility index (Phi) is 3.48. The predicted molar refractivity (Wildman–Crippen MR) is 86.9 cm³/mol. The molecule has 3 aromatic rings. The van der Waals surface area contributed by atoms with Crippen molar-refractivity contribution in [3.63, 3.8) is 0 Å². The third-order valence-electron chi connectivity index (χ3n) is 3.20. The molecule has 0 aliphatic heterocycles. The highest BCUT2D eigenvalue weighted by Gasteiger charge is 2.09. The first-order valence-corrected chi connectivity index (χ1v) is 7.17. The number of hydrogen-bond donors (Lipinski definition) is 1. The van der Waals surface area contributed by atoms with Gasteiger partial charge in [-0.15, -0.1) is 0 Å². The molecule has 0 saturated heterocycles. The monoisotopic (exact) mass is 360 g/mol. The van der Waals surface area contributed by atoms with E-state index in [2.05, 4.69) is 64.0 Å². The van der Waals surface area contributed by atoms with Gasteiger partial charge < -0.3 is 5.73 Å². The summed E-state index contributed by atoms with van der Waals surface area (Å²) in [6.07, 6.45) is 1.87. The minimum Gasteiger partial charge on any atom is -0.320 e. The average Bonchev–Trinajstić information content (AvgIpc) is 2.47. The highest BCUT2D eigenvalue weighted by atomic mass is 127. The molecular weight excluding hydrogens is 347 g/mol. The molecule has 2 aromatic carbocycles.